The molecule has 1 aromatic heterocycles. The summed E-state index contributed by atoms with van der Waals surface area (Å²) in [5.74, 6) is 1.09. The molecule has 0 aliphatic heterocycles. The van der Waals surface area contributed by atoms with Gasteiger partial charge in [-0.2, -0.15) is 0 Å². The molecule has 7 heteroatoms. The largest absolute Gasteiger partial charge is 0.336 e. The summed E-state index contributed by atoms with van der Waals surface area (Å²) in [6.45, 7) is 3.96. The van der Waals surface area contributed by atoms with E-state index in [0.29, 0.717) is 33.8 Å². The number of carbonyl (C=O) groups excluding carboxylic acids is 1. The molecule has 0 aliphatic carbocycles. The number of aromatic nitrogens is 2. The Balaban J connectivity index is 2.05. The van der Waals surface area contributed by atoms with Crippen LogP contribution in [0.2, 0.25) is 10.0 Å². The van der Waals surface area contributed by atoms with Crippen molar-refractivity contribution in [1.29, 1.82) is 0 Å². The van der Waals surface area contributed by atoms with Crippen molar-refractivity contribution in [3.63, 3.8) is 0 Å². The Morgan fingerprint density at radius 3 is 2.23 bits per heavy atom. The van der Waals surface area contributed by atoms with E-state index < -0.39 is 0 Å². The SMILES string of the molecule is CC(C)CC(=O)Nc1ccc(Nc2c(Cl)cccc2Cl)nn1. The molecule has 0 spiro atoms. The minimum atomic E-state index is -0.0841. The first kappa shape index (κ1) is 16.5. The van der Waals surface area contributed by atoms with E-state index in [-0.39, 0.29) is 11.8 Å². The van der Waals surface area contributed by atoms with Crippen LogP contribution in [0.5, 0.6) is 0 Å². The first-order chi connectivity index (χ1) is 10.5. The minimum Gasteiger partial charge on any atom is -0.336 e. The third-order valence-electron chi connectivity index (χ3n) is 2.74. The number of hydrogen-bond acceptors (Lipinski definition) is 4. The number of amides is 1. The van der Waals surface area contributed by atoms with Crippen molar-refractivity contribution >= 4 is 46.4 Å². The lowest BCUT2D eigenvalue weighted by Gasteiger charge is -2.10. The zero-order valence-electron chi connectivity index (χ0n) is 12.2. The second kappa shape index (κ2) is 7.42. The fourth-order valence-corrected chi connectivity index (χ4v) is 2.27. The molecule has 1 aromatic carbocycles. The molecule has 0 fully saturated rings. The second-order valence-electron chi connectivity index (χ2n) is 5.17. The predicted octanol–water partition coefficient (Wildman–Crippen LogP) is 4.51. The molecule has 1 heterocycles. The van der Waals surface area contributed by atoms with Crippen molar-refractivity contribution in [2.24, 2.45) is 5.92 Å². The molecule has 0 bridgehead atoms. The molecule has 0 aliphatic rings. The zero-order chi connectivity index (χ0) is 16.1. The highest BCUT2D eigenvalue weighted by Crippen LogP contribution is 2.31. The van der Waals surface area contributed by atoms with Crippen LogP contribution in [0.1, 0.15) is 20.3 Å². The lowest BCUT2D eigenvalue weighted by atomic mass is 10.1. The van der Waals surface area contributed by atoms with Crippen LogP contribution in [0.3, 0.4) is 0 Å². The summed E-state index contributed by atoms with van der Waals surface area (Å²) in [4.78, 5) is 11.7. The van der Waals surface area contributed by atoms with Gasteiger partial charge in [-0.3, -0.25) is 4.79 Å². The number of para-hydroxylation sites is 1. The van der Waals surface area contributed by atoms with E-state index in [1.807, 2.05) is 13.8 Å². The van der Waals surface area contributed by atoms with Gasteiger partial charge in [0.15, 0.2) is 11.6 Å². The Bertz CT molecular complexity index is 639. The maximum Gasteiger partial charge on any atom is 0.225 e. The van der Waals surface area contributed by atoms with Crippen LogP contribution in [0.4, 0.5) is 17.3 Å². The van der Waals surface area contributed by atoms with Crippen LogP contribution >= 0.6 is 23.2 Å². The van der Waals surface area contributed by atoms with Crippen molar-refractivity contribution < 1.29 is 4.79 Å². The highest BCUT2D eigenvalue weighted by Gasteiger charge is 2.08. The average molecular weight is 339 g/mol. The lowest BCUT2D eigenvalue weighted by Crippen LogP contribution is -2.15. The van der Waals surface area contributed by atoms with Gasteiger partial charge < -0.3 is 10.6 Å². The first-order valence-electron chi connectivity index (χ1n) is 6.80. The molecule has 1 amide bonds. The summed E-state index contributed by atoms with van der Waals surface area (Å²) in [5, 5.41) is 14.6. The Labute approximate surface area is 139 Å². The standard InChI is InChI=1S/C15H16Cl2N4O/c1-9(2)8-14(22)18-12-6-7-13(21-20-12)19-15-10(16)4-3-5-11(15)17/h3-7,9H,8H2,1-2H3,(H,19,21)(H,18,20,22). The minimum absolute atomic E-state index is 0.0841. The van der Waals surface area contributed by atoms with Gasteiger partial charge in [0, 0.05) is 6.42 Å². The predicted molar refractivity (Wildman–Crippen MR) is 89.9 cm³/mol. The summed E-state index contributed by atoms with van der Waals surface area (Å²) in [6, 6.07) is 8.57. The van der Waals surface area contributed by atoms with E-state index in [2.05, 4.69) is 20.8 Å². The summed E-state index contributed by atoms with van der Waals surface area (Å²) < 4.78 is 0. The van der Waals surface area contributed by atoms with Crippen molar-refractivity contribution in [2.75, 3.05) is 10.6 Å². The maximum atomic E-state index is 11.7. The van der Waals surface area contributed by atoms with Gasteiger partial charge in [0.25, 0.3) is 0 Å². The van der Waals surface area contributed by atoms with Gasteiger partial charge in [0.2, 0.25) is 5.91 Å². The number of carbonyl (C=O) groups is 1. The molecule has 22 heavy (non-hydrogen) atoms. The van der Waals surface area contributed by atoms with E-state index in [0.717, 1.165) is 0 Å². The summed E-state index contributed by atoms with van der Waals surface area (Å²) in [5.41, 5.74) is 0.566. The van der Waals surface area contributed by atoms with Crippen LogP contribution in [0.25, 0.3) is 0 Å². The second-order valence-corrected chi connectivity index (χ2v) is 5.99. The van der Waals surface area contributed by atoms with Gasteiger partial charge in [-0.1, -0.05) is 43.1 Å². The monoisotopic (exact) mass is 338 g/mol. The molecule has 0 atom stereocenters. The molecule has 2 aromatic rings. The van der Waals surface area contributed by atoms with Crippen molar-refractivity contribution in [3.8, 4) is 0 Å². The molecule has 0 saturated heterocycles. The number of anilines is 3. The van der Waals surface area contributed by atoms with Crippen molar-refractivity contribution in [2.45, 2.75) is 20.3 Å². The zero-order valence-corrected chi connectivity index (χ0v) is 13.7. The lowest BCUT2D eigenvalue weighted by molar-refractivity contribution is -0.116. The van der Waals surface area contributed by atoms with Gasteiger partial charge in [-0.15, -0.1) is 10.2 Å². The van der Waals surface area contributed by atoms with E-state index in [1.54, 1.807) is 30.3 Å². The smallest absolute Gasteiger partial charge is 0.225 e. The van der Waals surface area contributed by atoms with Gasteiger partial charge in [0.05, 0.1) is 15.7 Å². The topological polar surface area (TPSA) is 66.9 Å². The fraction of sp³-hybridized carbons (Fsp3) is 0.267. The molecule has 2 N–H and O–H groups in total. The van der Waals surface area contributed by atoms with Crippen molar-refractivity contribution in [3.05, 3.63) is 40.4 Å². The quantitative estimate of drug-likeness (QED) is 0.841. The number of rotatable bonds is 5. The molecule has 2 rings (SSSR count). The summed E-state index contributed by atoms with van der Waals surface area (Å²) in [7, 11) is 0. The van der Waals surface area contributed by atoms with Crippen LogP contribution < -0.4 is 10.6 Å². The molecule has 0 radical (unpaired) electrons. The third-order valence-corrected chi connectivity index (χ3v) is 3.37. The molecular weight excluding hydrogens is 323 g/mol. The number of halogens is 2. The van der Waals surface area contributed by atoms with Gasteiger partial charge in [-0.25, -0.2) is 0 Å². The molecule has 116 valence electrons. The van der Waals surface area contributed by atoms with Crippen LogP contribution in [-0.4, -0.2) is 16.1 Å². The van der Waals surface area contributed by atoms with E-state index in [4.69, 9.17) is 23.2 Å². The Hall–Kier alpha value is -1.85. The number of nitrogens with zero attached hydrogens (tertiary/aromatic N) is 2. The average Bonchev–Trinajstić information content (AvgIpc) is 2.44. The number of nitrogens with one attached hydrogen (secondary N) is 2. The van der Waals surface area contributed by atoms with Crippen molar-refractivity contribution in [1.82, 2.24) is 10.2 Å². The third kappa shape index (κ3) is 4.58. The maximum absolute atomic E-state index is 11.7. The van der Waals surface area contributed by atoms with E-state index >= 15 is 0 Å². The summed E-state index contributed by atoms with van der Waals surface area (Å²) in [6.07, 6.45) is 0.441. The van der Waals surface area contributed by atoms with Gasteiger partial charge in [-0.05, 0) is 30.2 Å². The van der Waals surface area contributed by atoms with E-state index in [1.165, 1.54) is 0 Å². The normalized spacial score (nSPS) is 10.6. The van der Waals surface area contributed by atoms with Crippen LogP contribution in [-0.2, 0) is 4.79 Å². The van der Waals surface area contributed by atoms with Gasteiger partial charge in [0.1, 0.15) is 0 Å². The fourth-order valence-electron chi connectivity index (χ4n) is 1.78. The van der Waals surface area contributed by atoms with Crippen LogP contribution in [0, 0.1) is 5.92 Å². The van der Waals surface area contributed by atoms with Gasteiger partial charge >= 0.3 is 0 Å². The Morgan fingerprint density at radius 2 is 1.68 bits per heavy atom. The molecular formula is C15H16Cl2N4O. The molecule has 0 saturated carbocycles. The van der Waals surface area contributed by atoms with Crippen LogP contribution in [0.15, 0.2) is 30.3 Å². The number of hydrogen-bond donors (Lipinski definition) is 2. The molecule has 5 nitrogen and oxygen atoms in total. The first-order valence-corrected chi connectivity index (χ1v) is 7.56. The Kier molecular flexibility index (Phi) is 5.57. The number of benzene rings is 1. The summed E-state index contributed by atoms with van der Waals surface area (Å²) >= 11 is 12.2. The van der Waals surface area contributed by atoms with E-state index in [9.17, 15) is 4.79 Å². The highest BCUT2D eigenvalue weighted by atomic mass is 35.5. The Morgan fingerprint density at radius 1 is 1.09 bits per heavy atom. The molecule has 0 unspecified atom stereocenters. The highest BCUT2D eigenvalue weighted by molar-refractivity contribution is 6.39.